The topological polar surface area (TPSA) is 55.4 Å². The van der Waals surface area contributed by atoms with Crippen molar-refractivity contribution in [2.45, 2.75) is 6.10 Å². The Labute approximate surface area is 88.4 Å². The van der Waals surface area contributed by atoms with E-state index in [1.807, 2.05) is 0 Å². The first kappa shape index (κ1) is 9.21. The Morgan fingerprint density at radius 2 is 1.86 bits per heavy atom. The van der Waals surface area contributed by atoms with Crippen molar-refractivity contribution in [1.29, 1.82) is 0 Å². The Morgan fingerprint density at radius 1 is 1.21 bits per heavy atom. The molecule has 4 nitrogen and oxygen atoms in total. The Morgan fingerprint density at radius 3 is 2.36 bits per heavy atom. The van der Waals surface area contributed by atoms with Gasteiger partial charge in [-0.15, -0.1) is 0 Å². The molecule has 0 aliphatic carbocycles. The van der Waals surface area contributed by atoms with Crippen LogP contribution in [0.15, 0.2) is 28.7 Å². The Balaban J connectivity index is 2.27. The predicted molar refractivity (Wildman–Crippen MR) is 51.5 cm³/mol. The minimum absolute atomic E-state index is 0.419. The maximum absolute atomic E-state index is 11.2. The molecule has 0 unspecified atom stereocenters. The van der Waals surface area contributed by atoms with E-state index in [4.69, 9.17) is 4.74 Å². The first-order chi connectivity index (χ1) is 6.66. The van der Waals surface area contributed by atoms with Crippen LogP contribution in [0.25, 0.3) is 0 Å². The van der Waals surface area contributed by atoms with Gasteiger partial charge in [0.15, 0.2) is 0 Å². The molecule has 1 aromatic carbocycles. The molecule has 0 bridgehead atoms. The smallest absolute Gasteiger partial charge is 0.415 e. The van der Waals surface area contributed by atoms with Crippen molar-refractivity contribution in [3.63, 3.8) is 0 Å². The highest BCUT2D eigenvalue weighted by atomic mass is 79.9. The molecule has 0 spiro atoms. The highest BCUT2D eigenvalue weighted by Crippen LogP contribution is 2.23. The number of carbonyl (C=O) groups is 2. The van der Waals surface area contributed by atoms with Gasteiger partial charge in [0.05, 0.1) is 0 Å². The molecule has 1 N–H and O–H groups in total. The van der Waals surface area contributed by atoms with Gasteiger partial charge < -0.3 is 4.74 Å². The van der Waals surface area contributed by atoms with Gasteiger partial charge >= 0.3 is 6.09 Å². The molecule has 72 valence electrons. The largest absolute Gasteiger partial charge is 0.431 e. The third-order valence-corrected chi connectivity index (χ3v) is 2.39. The second-order valence-electron chi connectivity index (χ2n) is 2.83. The number of benzene rings is 1. The Bertz CT molecular complexity index is 388. The average molecular weight is 256 g/mol. The molecule has 1 atom stereocenters. The van der Waals surface area contributed by atoms with E-state index in [-0.39, 0.29) is 0 Å². The predicted octanol–water partition coefficient (Wildman–Crippen LogP) is 1.76. The van der Waals surface area contributed by atoms with Crippen LogP contribution in [0.1, 0.15) is 11.7 Å². The van der Waals surface area contributed by atoms with E-state index in [1.54, 1.807) is 24.3 Å². The van der Waals surface area contributed by atoms with Gasteiger partial charge in [0.2, 0.25) is 6.10 Å². The lowest BCUT2D eigenvalue weighted by Crippen LogP contribution is -2.20. The van der Waals surface area contributed by atoms with Crippen LogP contribution in [-0.2, 0) is 9.53 Å². The first-order valence-corrected chi connectivity index (χ1v) is 4.73. The van der Waals surface area contributed by atoms with Crippen LogP contribution >= 0.6 is 15.9 Å². The minimum atomic E-state index is -0.810. The first-order valence-electron chi connectivity index (χ1n) is 3.94. The van der Waals surface area contributed by atoms with E-state index >= 15 is 0 Å². The van der Waals surface area contributed by atoms with Crippen LogP contribution in [0.3, 0.4) is 0 Å². The van der Waals surface area contributed by atoms with Gasteiger partial charge in [-0.25, -0.2) is 4.79 Å². The van der Waals surface area contributed by atoms with Crippen LogP contribution in [0, 0.1) is 0 Å². The van der Waals surface area contributed by atoms with Crippen molar-refractivity contribution in [3.05, 3.63) is 34.3 Å². The minimum Gasteiger partial charge on any atom is -0.431 e. The van der Waals surface area contributed by atoms with Gasteiger partial charge in [-0.05, 0) is 12.1 Å². The van der Waals surface area contributed by atoms with Crippen LogP contribution in [0.5, 0.6) is 0 Å². The second kappa shape index (κ2) is 3.42. The molecule has 0 aromatic heterocycles. The number of nitrogens with one attached hydrogen (secondary N) is 1. The van der Waals surface area contributed by atoms with Crippen molar-refractivity contribution in [1.82, 2.24) is 5.32 Å². The molecular formula is C9H6BrNO3. The van der Waals surface area contributed by atoms with E-state index < -0.39 is 18.1 Å². The van der Waals surface area contributed by atoms with Gasteiger partial charge in [-0.3, -0.25) is 10.1 Å². The fourth-order valence-corrected chi connectivity index (χ4v) is 1.48. The third kappa shape index (κ3) is 1.63. The monoisotopic (exact) mass is 255 g/mol. The maximum Gasteiger partial charge on any atom is 0.415 e. The van der Waals surface area contributed by atoms with Crippen LogP contribution in [-0.4, -0.2) is 12.0 Å². The average Bonchev–Trinajstić information content (AvgIpc) is 2.47. The number of alkyl carbamates (subject to hydrolysis) is 1. The summed E-state index contributed by atoms with van der Waals surface area (Å²) in [5.74, 6) is -0.419. The summed E-state index contributed by atoms with van der Waals surface area (Å²) in [6.45, 7) is 0. The van der Waals surface area contributed by atoms with Crippen molar-refractivity contribution < 1.29 is 14.3 Å². The van der Waals surface area contributed by atoms with Crippen molar-refractivity contribution in [2.24, 2.45) is 0 Å². The molecule has 0 saturated carbocycles. The van der Waals surface area contributed by atoms with E-state index in [9.17, 15) is 9.59 Å². The fraction of sp³-hybridized carbons (Fsp3) is 0.111. The summed E-state index contributed by atoms with van der Waals surface area (Å²) in [6.07, 6.45) is -1.50. The van der Waals surface area contributed by atoms with Gasteiger partial charge in [-0.2, -0.15) is 0 Å². The molecule has 1 heterocycles. The SMILES string of the molecule is O=C1NC(=O)[C@H](c2ccc(Br)cc2)O1. The zero-order valence-electron chi connectivity index (χ0n) is 6.99. The summed E-state index contributed by atoms with van der Waals surface area (Å²) < 4.78 is 5.69. The zero-order chi connectivity index (χ0) is 10.1. The van der Waals surface area contributed by atoms with Crippen molar-refractivity contribution in [2.75, 3.05) is 0 Å². The highest BCUT2D eigenvalue weighted by Gasteiger charge is 2.33. The molecule has 2 amide bonds. The van der Waals surface area contributed by atoms with E-state index in [0.29, 0.717) is 5.56 Å². The summed E-state index contributed by atoms with van der Waals surface area (Å²) in [7, 11) is 0. The van der Waals surface area contributed by atoms with Crippen LogP contribution in [0.4, 0.5) is 4.79 Å². The molecule has 1 aliphatic rings. The molecule has 1 saturated heterocycles. The number of imide groups is 1. The lowest BCUT2D eigenvalue weighted by Gasteiger charge is -2.05. The number of amides is 2. The normalized spacial score (nSPS) is 20.5. The van der Waals surface area contributed by atoms with Crippen molar-refractivity contribution >= 4 is 27.9 Å². The maximum atomic E-state index is 11.2. The summed E-state index contributed by atoms with van der Waals surface area (Å²) in [6, 6.07) is 7.03. The molecule has 14 heavy (non-hydrogen) atoms. The Kier molecular flexibility index (Phi) is 2.25. The summed E-state index contributed by atoms with van der Waals surface area (Å²) in [4.78, 5) is 21.9. The molecular weight excluding hydrogens is 250 g/mol. The third-order valence-electron chi connectivity index (χ3n) is 1.86. The molecule has 1 aromatic rings. The number of ether oxygens (including phenoxy) is 1. The summed E-state index contributed by atoms with van der Waals surface area (Å²) in [5, 5.41) is 2.07. The van der Waals surface area contributed by atoms with Crippen LogP contribution in [0.2, 0.25) is 0 Å². The number of halogens is 1. The van der Waals surface area contributed by atoms with Gasteiger partial charge in [0.25, 0.3) is 5.91 Å². The highest BCUT2D eigenvalue weighted by molar-refractivity contribution is 9.10. The zero-order valence-corrected chi connectivity index (χ0v) is 8.58. The van der Waals surface area contributed by atoms with E-state index in [0.717, 1.165) is 4.47 Å². The van der Waals surface area contributed by atoms with Gasteiger partial charge in [-0.1, -0.05) is 28.1 Å². The van der Waals surface area contributed by atoms with Gasteiger partial charge in [0.1, 0.15) is 0 Å². The van der Waals surface area contributed by atoms with Gasteiger partial charge in [0, 0.05) is 10.0 Å². The number of hydrogen-bond donors (Lipinski definition) is 1. The number of rotatable bonds is 1. The summed E-state index contributed by atoms with van der Waals surface area (Å²) in [5.41, 5.74) is 0.663. The lowest BCUT2D eigenvalue weighted by atomic mass is 10.1. The van der Waals surface area contributed by atoms with Crippen LogP contribution < -0.4 is 5.32 Å². The molecule has 5 heteroatoms. The quantitative estimate of drug-likeness (QED) is 0.832. The molecule has 1 fully saturated rings. The molecule has 0 radical (unpaired) electrons. The standard InChI is InChI=1S/C9H6BrNO3/c10-6-3-1-5(2-4-6)7-8(12)11-9(13)14-7/h1-4,7H,(H,11,12,13)/t7-/m0/s1. The van der Waals surface area contributed by atoms with Crippen molar-refractivity contribution in [3.8, 4) is 0 Å². The van der Waals surface area contributed by atoms with E-state index in [1.165, 1.54) is 0 Å². The lowest BCUT2D eigenvalue weighted by molar-refractivity contribution is -0.123. The molecule has 1 aliphatic heterocycles. The fourth-order valence-electron chi connectivity index (χ4n) is 1.21. The number of hydrogen-bond acceptors (Lipinski definition) is 3. The Hall–Kier alpha value is -1.36. The number of carbonyl (C=O) groups excluding carboxylic acids is 2. The molecule has 2 rings (SSSR count). The number of cyclic esters (lactones) is 1. The van der Waals surface area contributed by atoms with E-state index in [2.05, 4.69) is 21.2 Å². The summed E-state index contributed by atoms with van der Waals surface area (Å²) >= 11 is 3.27. The second-order valence-corrected chi connectivity index (χ2v) is 3.74.